The van der Waals surface area contributed by atoms with Gasteiger partial charge in [0.15, 0.2) is 0 Å². The number of hydrogen-bond acceptors (Lipinski definition) is 3. The molecule has 17 heavy (non-hydrogen) atoms. The maximum absolute atomic E-state index is 5.87. The molecule has 1 aliphatic heterocycles. The first-order chi connectivity index (χ1) is 8.24. The number of rotatable bonds is 1. The molecule has 2 N–H and O–H groups in total. The van der Waals surface area contributed by atoms with Crippen LogP contribution in [-0.4, -0.2) is 0 Å². The van der Waals surface area contributed by atoms with Gasteiger partial charge in [-0.05, 0) is 35.9 Å². The Morgan fingerprint density at radius 3 is 2.59 bits per heavy atom. The summed E-state index contributed by atoms with van der Waals surface area (Å²) < 4.78 is 0. The average molecular weight is 244 g/mol. The lowest BCUT2D eigenvalue weighted by Crippen LogP contribution is -1.95. The molecule has 2 aromatic rings. The summed E-state index contributed by atoms with van der Waals surface area (Å²) in [6.07, 6.45) is 0. The number of halogens is 1. The first-order valence-corrected chi connectivity index (χ1v) is 5.67. The summed E-state index contributed by atoms with van der Waals surface area (Å²) in [6.45, 7) is 0. The maximum Gasteiger partial charge on any atom is 0.123 e. The second kappa shape index (κ2) is 3.86. The molecule has 1 aliphatic rings. The topological polar surface area (TPSA) is 50.7 Å². The van der Waals surface area contributed by atoms with Crippen LogP contribution in [0.5, 0.6) is 0 Å². The van der Waals surface area contributed by atoms with Crippen LogP contribution in [-0.2, 0) is 0 Å². The van der Waals surface area contributed by atoms with Crippen molar-refractivity contribution in [2.45, 2.75) is 6.04 Å². The van der Waals surface area contributed by atoms with E-state index in [1.54, 1.807) is 0 Å². The second-order valence-electron chi connectivity index (χ2n) is 3.99. The van der Waals surface area contributed by atoms with Crippen molar-refractivity contribution in [2.24, 2.45) is 10.2 Å². The molecule has 2 aromatic carbocycles. The number of anilines is 1. The minimum atomic E-state index is -0.0641. The van der Waals surface area contributed by atoms with Gasteiger partial charge in [-0.25, -0.2) is 0 Å². The highest BCUT2D eigenvalue weighted by Crippen LogP contribution is 2.40. The van der Waals surface area contributed by atoms with E-state index < -0.39 is 0 Å². The highest BCUT2D eigenvalue weighted by Gasteiger charge is 2.22. The van der Waals surface area contributed by atoms with Gasteiger partial charge in [0.2, 0.25) is 0 Å². The van der Waals surface area contributed by atoms with Gasteiger partial charge in [0.1, 0.15) is 6.04 Å². The molecular weight excluding hydrogens is 234 g/mol. The van der Waals surface area contributed by atoms with Gasteiger partial charge in [-0.3, -0.25) is 0 Å². The van der Waals surface area contributed by atoms with Crippen LogP contribution in [0, 0.1) is 0 Å². The van der Waals surface area contributed by atoms with Crippen molar-refractivity contribution in [3.05, 3.63) is 58.6 Å². The summed E-state index contributed by atoms with van der Waals surface area (Å²) in [7, 11) is 0. The largest absolute Gasteiger partial charge is 0.399 e. The van der Waals surface area contributed by atoms with E-state index in [2.05, 4.69) is 10.2 Å². The Kier molecular flexibility index (Phi) is 2.34. The Bertz CT molecular complexity index is 590. The molecular formula is C13H10ClN3. The van der Waals surface area contributed by atoms with Crippen LogP contribution in [0.15, 0.2) is 52.7 Å². The van der Waals surface area contributed by atoms with E-state index in [-0.39, 0.29) is 6.04 Å². The predicted molar refractivity (Wildman–Crippen MR) is 68.7 cm³/mol. The molecule has 0 saturated heterocycles. The number of nitrogens with two attached hydrogens (primary N) is 1. The molecule has 3 rings (SSSR count). The normalized spacial score (nSPS) is 17.1. The number of hydrogen-bond donors (Lipinski definition) is 1. The molecule has 1 unspecified atom stereocenters. The number of benzene rings is 2. The van der Waals surface area contributed by atoms with Crippen molar-refractivity contribution >= 4 is 23.0 Å². The van der Waals surface area contributed by atoms with Crippen LogP contribution < -0.4 is 5.73 Å². The van der Waals surface area contributed by atoms with Crippen molar-refractivity contribution in [3.8, 4) is 0 Å². The van der Waals surface area contributed by atoms with Gasteiger partial charge >= 0.3 is 0 Å². The van der Waals surface area contributed by atoms with Crippen LogP contribution >= 0.6 is 11.6 Å². The first kappa shape index (κ1) is 10.3. The summed E-state index contributed by atoms with van der Waals surface area (Å²) in [6, 6.07) is 13.2. The fourth-order valence-electron chi connectivity index (χ4n) is 1.96. The van der Waals surface area contributed by atoms with E-state index in [4.69, 9.17) is 17.3 Å². The van der Waals surface area contributed by atoms with Gasteiger partial charge in [-0.1, -0.05) is 23.7 Å². The molecule has 0 amide bonds. The summed E-state index contributed by atoms with van der Waals surface area (Å²) in [5.74, 6) is 0. The van der Waals surface area contributed by atoms with Gasteiger partial charge in [0, 0.05) is 16.3 Å². The molecule has 4 heteroatoms. The Morgan fingerprint density at radius 1 is 1.06 bits per heavy atom. The van der Waals surface area contributed by atoms with E-state index >= 15 is 0 Å². The second-order valence-corrected chi connectivity index (χ2v) is 4.42. The van der Waals surface area contributed by atoms with E-state index in [1.165, 1.54) is 0 Å². The lowest BCUT2D eigenvalue weighted by molar-refractivity contribution is 0.862. The summed E-state index contributed by atoms with van der Waals surface area (Å²) in [4.78, 5) is 0. The molecule has 0 saturated carbocycles. The molecule has 0 bridgehead atoms. The van der Waals surface area contributed by atoms with Gasteiger partial charge in [-0.15, -0.1) is 0 Å². The average Bonchev–Trinajstić information content (AvgIpc) is 2.73. The van der Waals surface area contributed by atoms with Crippen LogP contribution in [0.25, 0.3) is 0 Å². The molecule has 0 fully saturated rings. The zero-order chi connectivity index (χ0) is 11.8. The van der Waals surface area contributed by atoms with Crippen LogP contribution in [0.2, 0.25) is 5.02 Å². The summed E-state index contributed by atoms with van der Waals surface area (Å²) >= 11 is 5.87. The lowest BCUT2D eigenvalue weighted by atomic mass is 9.99. The fraction of sp³-hybridized carbons (Fsp3) is 0.0769. The summed E-state index contributed by atoms with van der Waals surface area (Å²) in [5, 5.41) is 9.15. The van der Waals surface area contributed by atoms with E-state index in [0.29, 0.717) is 0 Å². The number of fused-ring (bicyclic) bond motifs is 1. The van der Waals surface area contributed by atoms with Gasteiger partial charge in [0.05, 0.1) is 5.69 Å². The molecule has 3 nitrogen and oxygen atoms in total. The number of azo groups is 1. The summed E-state index contributed by atoms with van der Waals surface area (Å²) in [5.41, 5.74) is 9.53. The fourth-order valence-corrected chi connectivity index (χ4v) is 2.08. The van der Waals surface area contributed by atoms with E-state index in [0.717, 1.165) is 27.5 Å². The minimum Gasteiger partial charge on any atom is -0.399 e. The molecule has 0 aromatic heterocycles. The van der Waals surface area contributed by atoms with Gasteiger partial charge in [0.25, 0.3) is 0 Å². The molecule has 0 radical (unpaired) electrons. The molecule has 1 heterocycles. The quantitative estimate of drug-likeness (QED) is 0.753. The lowest BCUT2D eigenvalue weighted by Gasteiger charge is -2.08. The highest BCUT2D eigenvalue weighted by atomic mass is 35.5. The van der Waals surface area contributed by atoms with Crippen LogP contribution in [0.3, 0.4) is 0 Å². The number of nitrogen functional groups attached to an aromatic ring is 1. The van der Waals surface area contributed by atoms with Crippen LogP contribution in [0.4, 0.5) is 11.4 Å². The third kappa shape index (κ3) is 1.78. The third-order valence-corrected chi connectivity index (χ3v) is 3.06. The maximum atomic E-state index is 5.87. The van der Waals surface area contributed by atoms with Gasteiger partial charge in [-0.2, -0.15) is 10.2 Å². The van der Waals surface area contributed by atoms with E-state index in [1.807, 2.05) is 42.5 Å². The van der Waals surface area contributed by atoms with Gasteiger partial charge < -0.3 is 5.73 Å². The predicted octanol–water partition coefficient (Wildman–Crippen LogP) is 4.11. The first-order valence-electron chi connectivity index (χ1n) is 5.30. The standard InChI is InChI=1S/C13H10ClN3/c14-9-3-1-8(2-4-9)13-11-7-10(15)5-6-12(11)16-17-13/h1-7,13H,15H2. The Hall–Kier alpha value is -1.87. The molecule has 1 atom stereocenters. The molecule has 84 valence electrons. The third-order valence-electron chi connectivity index (χ3n) is 2.81. The zero-order valence-electron chi connectivity index (χ0n) is 8.97. The Morgan fingerprint density at radius 2 is 1.82 bits per heavy atom. The van der Waals surface area contributed by atoms with Crippen molar-refractivity contribution in [1.29, 1.82) is 0 Å². The smallest absolute Gasteiger partial charge is 0.123 e. The van der Waals surface area contributed by atoms with Crippen molar-refractivity contribution in [2.75, 3.05) is 5.73 Å². The van der Waals surface area contributed by atoms with Crippen LogP contribution in [0.1, 0.15) is 17.2 Å². The Balaban J connectivity index is 2.06. The SMILES string of the molecule is Nc1ccc2c(c1)C(c1ccc(Cl)cc1)N=N2. The minimum absolute atomic E-state index is 0.0641. The molecule has 0 spiro atoms. The Labute approximate surface area is 104 Å². The molecule has 0 aliphatic carbocycles. The highest BCUT2D eigenvalue weighted by molar-refractivity contribution is 6.30. The van der Waals surface area contributed by atoms with Crippen molar-refractivity contribution < 1.29 is 0 Å². The number of nitrogens with zero attached hydrogens (tertiary/aromatic N) is 2. The monoisotopic (exact) mass is 243 g/mol. The van der Waals surface area contributed by atoms with Crippen molar-refractivity contribution in [1.82, 2.24) is 0 Å². The van der Waals surface area contributed by atoms with E-state index in [9.17, 15) is 0 Å². The van der Waals surface area contributed by atoms with Crippen molar-refractivity contribution in [3.63, 3.8) is 0 Å². The zero-order valence-corrected chi connectivity index (χ0v) is 9.72.